The predicted octanol–water partition coefficient (Wildman–Crippen LogP) is 3.05. The molecule has 8 heterocycles. The zero-order valence-corrected chi connectivity index (χ0v) is 23.1. The Morgan fingerprint density at radius 1 is 0.568 bits per heavy atom. The molecule has 37 heavy (non-hydrogen) atoms. The number of hydrogen-bond donors (Lipinski definition) is 0. The van der Waals surface area contributed by atoms with Crippen LogP contribution >= 0.6 is 0 Å². The molecule has 0 N–H and O–H groups in total. The SMILES string of the molecule is C(CCC1CO1)COCCC1CO1.C1OC1CC1CO1.CC1(CC2(C)CO2)CO1.CC1(CC2CO2)CO1. The van der Waals surface area contributed by atoms with Gasteiger partial charge in [-0.1, -0.05) is 0 Å². The topological polar surface area (TPSA) is 109 Å². The molecule has 0 aromatic carbocycles. The smallest absolute Gasteiger partial charge is 0.0916 e. The molecule has 8 saturated heterocycles. The van der Waals surface area contributed by atoms with Gasteiger partial charge in [-0.3, -0.25) is 0 Å². The van der Waals surface area contributed by atoms with Crippen LogP contribution in [0.1, 0.15) is 65.7 Å². The Balaban J connectivity index is 0.000000104. The van der Waals surface area contributed by atoms with Crippen molar-refractivity contribution < 1.29 is 42.6 Å². The Labute approximate surface area is 222 Å². The minimum Gasteiger partial charge on any atom is -0.381 e. The van der Waals surface area contributed by atoms with E-state index >= 15 is 0 Å². The summed E-state index contributed by atoms with van der Waals surface area (Å²) in [4.78, 5) is 0. The Bertz CT molecular complexity index is 644. The summed E-state index contributed by atoms with van der Waals surface area (Å²) in [6.45, 7) is 15.8. The molecule has 8 fully saturated rings. The molecule has 8 aliphatic heterocycles. The van der Waals surface area contributed by atoms with Crippen LogP contribution in [0.5, 0.6) is 0 Å². The normalized spacial score (nSPS) is 44.0. The molecule has 8 unspecified atom stereocenters. The van der Waals surface area contributed by atoms with Crippen LogP contribution in [0.2, 0.25) is 0 Å². The Kier molecular flexibility index (Phi) is 9.47. The molecular weight excluding hydrogens is 480 g/mol. The standard InChI is InChI=1S/C10H18O3.C7H12O2.C6H10O2.C5H8O2/c1(3-9-7-12-9)2-5-11-6-4-10-8-13-10;1-6(4-8-6)3-7(2)5-9-7;1-6(4-8-6)2-5-3-7-5;1(4-2-6-4)5-3-7-5/h9-10H,1-8H2;3-5H2,1-2H3;5H,2-4H2,1H3;4-5H,1-3H2. The second-order valence-electron chi connectivity index (χ2n) is 12.5. The highest BCUT2D eigenvalue weighted by molar-refractivity contribution is 5.00. The fraction of sp³-hybridized carbons (Fsp3) is 1.00. The fourth-order valence-corrected chi connectivity index (χ4v) is 4.21. The molecule has 0 saturated carbocycles. The first kappa shape index (κ1) is 28.2. The van der Waals surface area contributed by atoms with Crippen molar-refractivity contribution in [3.8, 4) is 0 Å². The molecule has 0 amide bonds. The molecule has 0 radical (unpaired) electrons. The lowest BCUT2D eigenvalue weighted by Gasteiger charge is -2.06. The summed E-state index contributed by atoms with van der Waals surface area (Å²) in [7, 11) is 0. The van der Waals surface area contributed by atoms with E-state index in [0.717, 1.165) is 91.8 Å². The van der Waals surface area contributed by atoms with Crippen molar-refractivity contribution in [3.63, 3.8) is 0 Å². The fourth-order valence-electron chi connectivity index (χ4n) is 4.21. The van der Waals surface area contributed by atoms with E-state index in [4.69, 9.17) is 42.6 Å². The molecule has 8 rings (SSSR count). The molecule has 9 nitrogen and oxygen atoms in total. The summed E-state index contributed by atoms with van der Waals surface area (Å²) in [5.41, 5.74) is 0.553. The zero-order chi connectivity index (χ0) is 25.8. The van der Waals surface area contributed by atoms with Crippen molar-refractivity contribution in [2.75, 3.05) is 66.1 Å². The van der Waals surface area contributed by atoms with Crippen molar-refractivity contribution in [3.05, 3.63) is 0 Å². The van der Waals surface area contributed by atoms with Crippen molar-refractivity contribution in [1.82, 2.24) is 0 Å². The number of unbranched alkanes of at least 4 members (excludes halogenated alkanes) is 1. The Hall–Kier alpha value is -0.360. The summed E-state index contributed by atoms with van der Waals surface area (Å²) in [6.07, 6.45) is 10.8. The van der Waals surface area contributed by atoms with Crippen molar-refractivity contribution >= 4 is 0 Å². The number of hydrogen-bond acceptors (Lipinski definition) is 9. The molecule has 8 atom stereocenters. The second-order valence-corrected chi connectivity index (χ2v) is 12.5. The maximum atomic E-state index is 5.47. The monoisotopic (exact) mass is 528 g/mol. The summed E-state index contributed by atoms with van der Waals surface area (Å²) < 4.78 is 46.3. The van der Waals surface area contributed by atoms with Crippen LogP contribution in [0.3, 0.4) is 0 Å². The molecule has 8 aliphatic rings. The molecule has 9 heteroatoms. The molecule has 0 bridgehead atoms. The van der Waals surface area contributed by atoms with Gasteiger partial charge < -0.3 is 42.6 Å². The average molecular weight is 529 g/mol. The van der Waals surface area contributed by atoms with Gasteiger partial charge in [0.2, 0.25) is 0 Å². The third-order valence-corrected chi connectivity index (χ3v) is 7.51. The number of epoxide rings is 8. The summed E-state index contributed by atoms with van der Waals surface area (Å²) in [6, 6.07) is 0. The van der Waals surface area contributed by atoms with E-state index < -0.39 is 0 Å². The first-order chi connectivity index (χ1) is 17.8. The molecule has 0 aliphatic carbocycles. The van der Waals surface area contributed by atoms with Gasteiger partial charge in [0, 0.05) is 32.5 Å². The Morgan fingerprint density at radius 3 is 1.46 bits per heavy atom. The zero-order valence-electron chi connectivity index (χ0n) is 23.1. The molecule has 0 spiro atoms. The maximum Gasteiger partial charge on any atom is 0.0916 e. The van der Waals surface area contributed by atoms with E-state index in [1.54, 1.807) is 0 Å². The number of rotatable bonds is 14. The van der Waals surface area contributed by atoms with E-state index in [1.807, 2.05) is 0 Å². The average Bonchev–Trinajstić information content (AvgIpc) is 3.60. The van der Waals surface area contributed by atoms with Crippen LogP contribution in [0.15, 0.2) is 0 Å². The largest absolute Gasteiger partial charge is 0.381 e. The van der Waals surface area contributed by atoms with E-state index in [9.17, 15) is 0 Å². The van der Waals surface area contributed by atoms with Gasteiger partial charge >= 0.3 is 0 Å². The third kappa shape index (κ3) is 13.5. The van der Waals surface area contributed by atoms with Crippen LogP contribution < -0.4 is 0 Å². The summed E-state index contributed by atoms with van der Waals surface area (Å²) in [5.74, 6) is 0. The van der Waals surface area contributed by atoms with Crippen LogP contribution in [-0.2, 0) is 42.6 Å². The van der Waals surface area contributed by atoms with Crippen LogP contribution in [0, 0.1) is 0 Å². The van der Waals surface area contributed by atoms with Crippen molar-refractivity contribution in [2.24, 2.45) is 0 Å². The predicted molar refractivity (Wildman–Crippen MR) is 135 cm³/mol. The third-order valence-electron chi connectivity index (χ3n) is 7.51. The highest BCUT2D eigenvalue weighted by atomic mass is 16.6. The lowest BCUT2D eigenvalue weighted by Crippen LogP contribution is -2.16. The second kappa shape index (κ2) is 12.4. The van der Waals surface area contributed by atoms with Crippen LogP contribution in [-0.4, -0.2) is 113 Å². The van der Waals surface area contributed by atoms with Crippen molar-refractivity contribution in [1.29, 1.82) is 0 Å². The highest BCUT2D eigenvalue weighted by Crippen LogP contribution is 2.42. The minimum absolute atomic E-state index is 0.172. The highest BCUT2D eigenvalue weighted by Gasteiger charge is 2.51. The number of ether oxygens (including phenoxy) is 9. The molecular formula is C28H48O9. The summed E-state index contributed by atoms with van der Waals surface area (Å²) >= 11 is 0. The van der Waals surface area contributed by atoms with E-state index in [2.05, 4.69) is 20.8 Å². The molecule has 214 valence electrons. The molecule has 0 aromatic heterocycles. The van der Waals surface area contributed by atoms with Gasteiger partial charge in [0.15, 0.2) is 0 Å². The van der Waals surface area contributed by atoms with Crippen LogP contribution in [0.4, 0.5) is 0 Å². The lowest BCUT2D eigenvalue weighted by molar-refractivity contribution is 0.121. The van der Waals surface area contributed by atoms with Gasteiger partial charge in [0.25, 0.3) is 0 Å². The summed E-state index contributed by atoms with van der Waals surface area (Å²) in [5, 5.41) is 0. The van der Waals surface area contributed by atoms with Crippen LogP contribution in [0.25, 0.3) is 0 Å². The van der Waals surface area contributed by atoms with Gasteiger partial charge in [0.1, 0.15) is 0 Å². The quantitative estimate of drug-likeness (QED) is 0.248. The Morgan fingerprint density at radius 2 is 1.03 bits per heavy atom. The van der Waals surface area contributed by atoms with Crippen molar-refractivity contribution in [2.45, 2.75) is 113 Å². The van der Waals surface area contributed by atoms with E-state index in [1.165, 1.54) is 19.3 Å². The van der Waals surface area contributed by atoms with E-state index in [0.29, 0.717) is 30.5 Å². The van der Waals surface area contributed by atoms with E-state index in [-0.39, 0.29) is 16.8 Å². The van der Waals surface area contributed by atoms with Gasteiger partial charge in [-0.05, 0) is 46.5 Å². The first-order valence-electron chi connectivity index (χ1n) is 14.4. The maximum absolute atomic E-state index is 5.47. The minimum atomic E-state index is 0.172. The van der Waals surface area contributed by atoms with Gasteiger partial charge in [0.05, 0.1) is 100 Å². The van der Waals surface area contributed by atoms with Gasteiger partial charge in [-0.15, -0.1) is 0 Å². The van der Waals surface area contributed by atoms with Gasteiger partial charge in [-0.2, -0.15) is 0 Å². The van der Waals surface area contributed by atoms with Gasteiger partial charge in [-0.25, -0.2) is 0 Å². The first-order valence-corrected chi connectivity index (χ1v) is 14.4. The lowest BCUT2D eigenvalue weighted by atomic mass is 9.99. The molecule has 0 aromatic rings.